The Morgan fingerprint density at radius 3 is 2.54 bits per heavy atom. The van der Waals surface area contributed by atoms with Gasteiger partial charge in [0.05, 0.1) is 22.0 Å². The Bertz CT molecular complexity index is 928. The highest BCUT2D eigenvalue weighted by Crippen LogP contribution is 2.28. The molecule has 1 heterocycles. The lowest BCUT2D eigenvalue weighted by Crippen LogP contribution is -2.33. The van der Waals surface area contributed by atoms with Crippen LogP contribution in [0.5, 0.6) is 0 Å². The molecule has 0 atom stereocenters. The quantitative estimate of drug-likeness (QED) is 0.674. The molecule has 1 saturated carbocycles. The van der Waals surface area contributed by atoms with Crippen LogP contribution in [0.15, 0.2) is 35.4 Å². The first-order valence-corrected chi connectivity index (χ1v) is 11.0. The minimum Gasteiger partial charge on any atom is -0.351 e. The lowest BCUT2D eigenvalue weighted by molar-refractivity contribution is 0.409. The third-order valence-electron chi connectivity index (χ3n) is 4.92. The standard InChI is InChI=1S/C19H26FN5O2S/c1-12(2)28(26,27)17-6-4-3-5-16(17)24-18-15(20)11-22-19(25-18)23-14-9-7-13(21)8-10-14/h3-6,11-14H,7-10,21H2,1-2H3,(H2,22,23,24,25). The van der Waals surface area contributed by atoms with E-state index in [2.05, 4.69) is 20.6 Å². The van der Waals surface area contributed by atoms with E-state index in [4.69, 9.17) is 5.73 Å². The topological polar surface area (TPSA) is 110 Å². The van der Waals surface area contributed by atoms with Gasteiger partial charge in [-0.2, -0.15) is 4.98 Å². The number of sulfone groups is 1. The first kappa shape index (κ1) is 20.5. The smallest absolute Gasteiger partial charge is 0.225 e. The summed E-state index contributed by atoms with van der Waals surface area (Å²) >= 11 is 0. The Morgan fingerprint density at radius 1 is 1.18 bits per heavy atom. The third-order valence-corrected chi connectivity index (χ3v) is 7.13. The molecular formula is C19H26FN5O2S. The van der Waals surface area contributed by atoms with Crippen molar-refractivity contribution in [3.63, 3.8) is 0 Å². The molecule has 0 bridgehead atoms. The monoisotopic (exact) mass is 407 g/mol. The Kier molecular flexibility index (Phi) is 6.14. The number of halogens is 1. The van der Waals surface area contributed by atoms with Crippen LogP contribution >= 0.6 is 0 Å². The maximum absolute atomic E-state index is 14.3. The van der Waals surface area contributed by atoms with Crippen molar-refractivity contribution >= 4 is 27.3 Å². The molecule has 28 heavy (non-hydrogen) atoms. The van der Waals surface area contributed by atoms with E-state index in [0.717, 1.165) is 31.9 Å². The Morgan fingerprint density at radius 2 is 1.86 bits per heavy atom. The van der Waals surface area contributed by atoms with Crippen molar-refractivity contribution in [3.05, 3.63) is 36.3 Å². The molecular weight excluding hydrogens is 381 g/mol. The number of aromatic nitrogens is 2. The fourth-order valence-corrected chi connectivity index (χ4v) is 4.37. The predicted molar refractivity (Wildman–Crippen MR) is 108 cm³/mol. The molecule has 0 aliphatic heterocycles. The molecule has 4 N–H and O–H groups in total. The molecule has 152 valence electrons. The molecule has 7 nitrogen and oxygen atoms in total. The molecule has 0 spiro atoms. The van der Waals surface area contributed by atoms with E-state index in [0.29, 0.717) is 5.95 Å². The van der Waals surface area contributed by atoms with Crippen molar-refractivity contribution in [1.82, 2.24) is 9.97 Å². The van der Waals surface area contributed by atoms with Crippen LogP contribution in [0.25, 0.3) is 0 Å². The van der Waals surface area contributed by atoms with Crippen molar-refractivity contribution in [1.29, 1.82) is 0 Å². The molecule has 3 rings (SSSR count). The van der Waals surface area contributed by atoms with Gasteiger partial charge < -0.3 is 16.4 Å². The number of rotatable bonds is 6. The number of nitrogens with one attached hydrogen (secondary N) is 2. The number of nitrogens with two attached hydrogens (primary N) is 1. The van der Waals surface area contributed by atoms with Crippen LogP contribution in [0.4, 0.5) is 21.8 Å². The molecule has 0 amide bonds. The van der Waals surface area contributed by atoms with Crippen LogP contribution in [-0.4, -0.2) is 35.7 Å². The minimum absolute atomic E-state index is 0.0728. The van der Waals surface area contributed by atoms with Crippen LogP contribution < -0.4 is 16.4 Å². The number of hydrogen-bond acceptors (Lipinski definition) is 7. The molecule has 2 aromatic rings. The van der Waals surface area contributed by atoms with Gasteiger partial charge in [-0.1, -0.05) is 12.1 Å². The summed E-state index contributed by atoms with van der Waals surface area (Å²) in [6.45, 7) is 3.21. The molecule has 0 saturated heterocycles. The summed E-state index contributed by atoms with van der Waals surface area (Å²) in [5.74, 6) is -0.432. The number of nitrogens with zero attached hydrogens (tertiary/aromatic N) is 2. The van der Waals surface area contributed by atoms with Gasteiger partial charge in [0.2, 0.25) is 5.95 Å². The number of anilines is 3. The first-order chi connectivity index (χ1) is 13.3. The molecule has 0 unspecified atom stereocenters. The average Bonchev–Trinajstić information content (AvgIpc) is 2.66. The number of hydrogen-bond donors (Lipinski definition) is 3. The zero-order valence-electron chi connectivity index (χ0n) is 16.0. The first-order valence-electron chi connectivity index (χ1n) is 9.42. The molecule has 1 aliphatic carbocycles. The molecule has 1 aromatic heterocycles. The second kappa shape index (κ2) is 8.40. The van der Waals surface area contributed by atoms with E-state index < -0.39 is 20.9 Å². The zero-order valence-corrected chi connectivity index (χ0v) is 16.8. The van der Waals surface area contributed by atoms with E-state index in [-0.39, 0.29) is 28.5 Å². The van der Waals surface area contributed by atoms with Crippen LogP contribution in [-0.2, 0) is 9.84 Å². The van der Waals surface area contributed by atoms with Crippen molar-refractivity contribution in [2.24, 2.45) is 5.73 Å². The Labute approximate surface area is 164 Å². The predicted octanol–water partition coefficient (Wildman–Crippen LogP) is 3.22. The van der Waals surface area contributed by atoms with Gasteiger partial charge in [0.15, 0.2) is 21.5 Å². The van der Waals surface area contributed by atoms with Gasteiger partial charge in [-0.15, -0.1) is 0 Å². The van der Waals surface area contributed by atoms with Gasteiger partial charge >= 0.3 is 0 Å². The lowest BCUT2D eigenvalue weighted by atomic mass is 9.92. The van der Waals surface area contributed by atoms with E-state index in [1.807, 2.05) is 0 Å². The number of para-hydroxylation sites is 1. The van der Waals surface area contributed by atoms with Crippen LogP contribution in [0.1, 0.15) is 39.5 Å². The summed E-state index contributed by atoms with van der Waals surface area (Å²) in [4.78, 5) is 8.33. The second-order valence-electron chi connectivity index (χ2n) is 7.36. The molecule has 1 aromatic carbocycles. The van der Waals surface area contributed by atoms with E-state index in [1.165, 1.54) is 6.07 Å². The second-order valence-corrected chi connectivity index (χ2v) is 9.83. The summed E-state index contributed by atoms with van der Waals surface area (Å²) in [5.41, 5.74) is 6.20. The molecule has 1 aliphatic rings. The summed E-state index contributed by atoms with van der Waals surface area (Å²) < 4.78 is 39.5. The van der Waals surface area contributed by atoms with Gasteiger partial charge in [0.25, 0.3) is 0 Å². The maximum Gasteiger partial charge on any atom is 0.225 e. The normalized spacial score (nSPS) is 20.2. The maximum atomic E-state index is 14.3. The summed E-state index contributed by atoms with van der Waals surface area (Å²) in [6, 6.07) is 6.83. The van der Waals surface area contributed by atoms with Crippen LogP contribution in [0, 0.1) is 5.82 Å². The van der Waals surface area contributed by atoms with Crippen LogP contribution in [0.2, 0.25) is 0 Å². The largest absolute Gasteiger partial charge is 0.351 e. The summed E-state index contributed by atoms with van der Waals surface area (Å²) in [6.07, 6.45) is 4.72. The highest BCUT2D eigenvalue weighted by Gasteiger charge is 2.24. The fraction of sp³-hybridized carbons (Fsp3) is 0.474. The zero-order chi connectivity index (χ0) is 20.3. The van der Waals surface area contributed by atoms with Crippen molar-refractivity contribution in [2.45, 2.75) is 61.8 Å². The summed E-state index contributed by atoms with van der Waals surface area (Å²) in [7, 11) is -3.53. The average molecular weight is 408 g/mol. The van der Waals surface area contributed by atoms with E-state index in [1.54, 1.807) is 32.0 Å². The summed E-state index contributed by atoms with van der Waals surface area (Å²) in [5, 5.41) is 5.44. The lowest BCUT2D eigenvalue weighted by Gasteiger charge is -2.26. The fourth-order valence-electron chi connectivity index (χ4n) is 3.17. The Hall–Kier alpha value is -2.26. The number of benzene rings is 1. The van der Waals surface area contributed by atoms with Crippen molar-refractivity contribution in [3.8, 4) is 0 Å². The molecule has 9 heteroatoms. The minimum atomic E-state index is -3.53. The van der Waals surface area contributed by atoms with Gasteiger partial charge in [0, 0.05) is 12.1 Å². The third kappa shape index (κ3) is 4.59. The van der Waals surface area contributed by atoms with Crippen molar-refractivity contribution in [2.75, 3.05) is 10.6 Å². The molecule has 1 fully saturated rings. The Balaban J connectivity index is 1.84. The van der Waals surface area contributed by atoms with Gasteiger partial charge in [0.1, 0.15) is 0 Å². The van der Waals surface area contributed by atoms with Crippen molar-refractivity contribution < 1.29 is 12.8 Å². The van der Waals surface area contributed by atoms with Gasteiger partial charge in [-0.05, 0) is 51.7 Å². The SMILES string of the molecule is CC(C)S(=O)(=O)c1ccccc1Nc1nc(NC2CCC(N)CC2)ncc1F. The van der Waals surface area contributed by atoms with E-state index >= 15 is 0 Å². The van der Waals surface area contributed by atoms with Crippen LogP contribution in [0.3, 0.4) is 0 Å². The van der Waals surface area contributed by atoms with Gasteiger partial charge in [-0.25, -0.2) is 17.8 Å². The molecule has 0 radical (unpaired) electrons. The van der Waals surface area contributed by atoms with Gasteiger partial charge in [-0.3, -0.25) is 0 Å². The highest BCUT2D eigenvalue weighted by molar-refractivity contribution is 7.92. The highest BCUT2D eigenvalue weighted by atomic mass is 32.2. The van der Waals surface area contributed by atoms with E-state index in [9.17, 15) is 12.8 Å².